The first-order valence-electron chi connectivity index (χ1n) is 8.31. The number of amides is 1. The Morgan fingerprint density at radius 1 is 1.21 bits per heavy atom. The van der Waals surface area contributed by atoms with Gasteiger partial charge in [-0.1, -0.05) is 18.2 Å². The summed E-state index contributed by atoms with van der Waals surface area (Å²) < 4.78 is 13.0. The Morgan fingerprint density at radius 2 is 2.00 bits per heavy atom. The summed E-state index contributed by atoms with van der Waals surface area (Å²) in [6.07, 6.45) is 5.93. The first kappa shape index (κ1) is 16.6. The number of carbonyl (C=O) groups is 1. The van der Waals surface area contributed by atoms with E-state index in [1.54, 1.807) is 24.5 Å². The monoisotopic (exact) mass is 327 g/mol. The van der Waals surface area contributed by atoms with Crippen LogP contribution in [0.2, 0.25) is 0 Å². The summed E-state index contributed by atoms with van der Waals surface area (Å²) in [4.78, 5) is 18.4. The second-order valence-electron chi connectivity index (χ2n) is 6.38. The zero-order valence-corrected chi connectivity index (χ0v) is 13.6. The predicted molar refractivity (Wildman–Crippen MR) is 90.5 cm³/mol. The van der Waals surface area contributed by atoms with E-state index in [0.29, 0.717) is 25.6 Å². The van der Waals surface area contributed by atoms with E-state index in [4.69, 9.17) is 0 Å². The summed E-state index contributed by atoms with van der Waals surface area (Å²) >= 11 is 0. The quantitative estimate of drug-likeness (QED) is 0.811. The van der Waals surface area contributed by atoms with Gasteiger partial charge >= 0.3 is 0 Å². The van der Waals surface area contributed by atoms with E-state index in [9.17, 15) is 9.18 Å². The fourth-order valence-corrected chi connectivity index (χ4v) is 2.66. The average molecular weight is 327 g/mol. The SMILES string of the molecule is O=C(CN(Cc1ccc(F)cc1)CC1CC1)NCc1cccnc1. The van der Waals surface area contributed by atoms with Gasteiger partial charge in [-0.25, -0.2) is 4.39 Å². The van der Waals surface area contributed by atoms with Gasteiger partial charge < -0.3 is 5.32 Å². The molecule has 0 spiro atoms. The largest absolute Gasteiger partial charge is 0.351 e. The van der Waals surface area contributed by atoms with Crippen LogP contribution in [0.1, 0.15) is 24.0 Å². The van der Waals surface area contributed by atoms with Crippen molar-refractivity contribution in [2.75, 3.05) is 13.1 Å². The van der Waals surface area contributed by atoms with Crippen LogP contribution in [0.3, 0.4) is 0 Å². The Bertz CT molecular complexity index is 656. The lowest BCUT2D eigenvalue weighted by atomic mass is 10.2. The van der Waals surface area contributed by atoms with Crippen molar-refractivity contribution >= 4 is 5.91 Å². The molecular formula is C19H22FN3O. The Morgan fingerprint density at radius 3 is 2.67 bits per heavy atom. The molecule has 0 aliphatic heterocycles. The van der Waals surface area contributed by atoms with Crippen LogP contribution in [0.4, 0.5) is 4.39 Å². The summed E-state index contributed by atoms with van der Waals surface area (Å²) in [6.45, 7) is 2.42. The Kier molecular flexibility index (Phi) is 5.54. The van der Waals surface area contributed by atoms with Crippen LogP contribution >= 0.6 is 0 Å². The molecule has 1 aliphatic rings. The molecule has 0 unspecified atom stereocenters. The molecule has 1 fully saturated rings. The molecule has 5 heteroatoms. The van der Waals surface area contributed by atoms with Crippen LogP contribution in [0.15, 0.2) is 48.8 Å². The molecule has 2 aromatic rings. The maximum atomic E-state index is 13.0. The number of nitrogens with zero attached hydrogens (tertiary/aromatic N) is 2. The van der Waals surface area contributed by atoms with Crippen molar-refractivity contribution in [2.24, 2.45) is 5.92 Å². The third-order valence-corrected chi connectivity index (χ3v) is 4.11. The summed E-state index contributed by atoms with van der Waals surface area (Å²) in [6, 6.07) is 10.3. The standard InChI is InChI=1S/C19H22FN3O/c20-18-7-5-16(6-8-18)13-23(12-15-3-4-15)14-19(24)22-11-17-2-1-9-21-10-17/h1-2,5-10,15H,3-4,11-14H2,(H,22,24). The number of benzene rings is 1. The highest BCUT2D eigenvalue weighted by Crippen LogP contribution is 2.30. The number of pyridine rings is 1. The molecule has 1 aromatic carbocycles. The van der Waals surface area contributed by atoms with Crippen molar-refractivity contribution in [3.05, 3.63) is 65.7 Å². The predicted octanol–water partition coefficient (Wildman–Crippen LogP) is 2.75. The maximum absolute atomic E-state index is 13.0. The van der Waals surface area contributed by atoms with Gasteiger partial charge in [-0.05, 0) is 48.1 Å². The molecule has 24 heavy (non-hydrogen) atoms. The van der Waals surface area contributed by atoms with Crippen molar-refractivity contribution in [3.8, 4) is 0 Å². The Labute approximate surface area is 141 Å². The summed E-state index contributed by atoms with van der Waals surface area (Å²) in [5.41, 5.74) is 2.01. The lowest BCUT2D eigenvalue weighted by Gasteiger charge is -2.22. The van der Waals surface area contributed by atoms with Crippen LogP contribution in [0.25, 0.3) is 0 Å². The minimum absolute atomic E-state index is 0.00150. The van der Waals surface area contributed by atoms with Crippen LogP contribution in [0, 0.1) is 11.7 Å². The zero-order valence-electron chi connectivity index (χ0n) is 13.6. The number of halogens is 1. The van der Waals surface area contributed by atoms with Crippen LogP contribution in [0.5, 0.6) is 0 Å². The third kappa shape index (κ3) is 5.42. The summed E-state index contributed by atoms with van der Waals surface area (Å²) in [5.74, 6) is 0.458. The fraction of sp³-hybridized carbons (Fsp3) is 0.368. The molecule has 1 aliphatic carbocycles. The normalized spacial score (nSPS) is 13.9. The average Bonchev–Trinajstić information content (AvgIpc) is 3.40. The number of hydrogen-bond acceptors (Lipinski definition) is 3. The molecule has 3 rings (SSSR count). The minimum Gasteiger partial charge on any atom is -0.351 e. The van der Waals surface area contributed by atoms with Crippen LogP contribution in [-0.2, 0) is 17.9 Å². The van der Waals surface area contributed by atoms with Crippen LogP contribution < -0.4 is 5.32 Å². The highest BCUT2D eigenvalue weighted by molar-refractivity contribution is 5.78. The highest BCUT2D eigenvalue weighted by atomic mass is 19.1. The van der Waals surface area contributed by atoms with Gasteiger partial charge in [-0.3, -0.25) is 14.7 Å². The lowest BCUT2D eigenvalue weighted by molar-refractivity contribution is -0.122. The zero-order chi connectivity index (χ0) is 16.8. The molecule has 1 amide bonds. The van der Waals surface area contributed by atoms with Gasteiger partial charge in [0, 0.05) is 32.0 Å². The van der Waals surface area contributed by atoms with E-state index in [0.717, 1.165) is 17.7 Å². The molecule has 1 heterocycles. The summed E-state index contributed by atoms with van der Waals surface area (Å²) in [5, 5.41) is 2.94. The third-order valence-electron chi connectivity index (χ3n) is 4.11. The van der Waals surface area contributed by atoms with Gasteiger partial charge in [0.1, 0.15) is 5.82 Å². The smallest absolute Gasteiger partial charge is 0.234 e. The molecule has 1 saturated carbocycles. The maximum Gasteiger partial charge on any atom is 0.234 e. The lowest BCUT2D eigenvalue weighted by Crippen LogP contribution is -2.37. The van der Waals surface area contributed by atoms with Gasteiger partial charge in [0.25, 0.3) is 0 Å². The van der Waals surface area contributed by atoms with Crippen molar-refractivity contribution in [2.45, 2.75) is 25.9 Å². The van der Waals surface area contributed by atoms with Crippen LogP contribution in [-0.4, -0.2) is 28.9 Å². The molecule has 126 valence electrons. The molecule has 1 aromatic heterocycles. The second-order valence-corrected chi connectivity index (χ2v) is 6.38. The van der Waals surface area contributed by atoms with Gasteiger partial charge in [-0.15, -0.1) is 0 Å². The van der Waals surface area contributed by atoms with E-state index < -0.39 is 0 Å². The van der Waals surface area contributed by atoms with Gasteiger partial charge in [0.2, 0.25) is 5.91 Å². The molecule has 0 atom stereocenters. The topological polar surface area (TPSA) is 45.2 Å². The van der Waals surface area contributed by atoms with Crippen molar-refractivity contribution < 1.29 is 9.18 Å². The molecule has 0 bridgehead atoms. The van der Waals surface area contributed by atoms with Gasteiger partial charge in [0.05, 0.1) is 6.54 Å². The first-order valence-corrected chi connectivity index (χ1v) is 8.31. The Balaban J connectivity index is 1.52. The summed E-state index contributed by atoms with van der Waals surface area (Å²) in [7, 11) is 0. The number of rotatable bonds is 8. The number of hydrogen-bond donors (Lipinski definition) is 1. The van der Waals surface area contributed by atoms with E-state index in [-0.39, 0.29) is 11.7 Å². The van der Waals surface area contributed by atoms with Gasteiger partial charge in [-0.2, -0.15) is 0 Å². The molecular weight excluding hydrogens is 305 g/mol. The number of carbonyl (C=O) groups excluding carboxylic acids is 1. The molecule has 1 N–H and O–H groups in total. The van der Waals surface area contributed by atoms with Gasteiger partial charge in [0.15, 0.2) is 0 Å². The van der Waals surface area contributed by atoms with E-state index in [1.807, 2.05) is 12.1 Å². The van der Waals surface area contributed by atoms with E-state index >= 15 is 0 Å². The highest BCUT2D eigenvalue weighted by Gasteiger charge is 2.25. The number of aromatic nitrogens is 1. The second kappa shape index (κ2) is 8.02. The molecule has 4 nitrogen and oxygen atoms in total. The van der Waals surface area contributed by atoms with E-state index in [1.165, 1.54) is 25.0 Å². The molecule has 0 saturated heterocycles. The Hall–Kier alpha value is -2.27. The molecule has 0 radical (unpaired) electrons. The van der Waals surface area contributed by atoms with Crippen molar-refractivity contribution in [1.29, 1.82) is 0 Å². The first-order chi connectivity index (χ1) is 11.7. The number of nitrogens with one attached hydrogen (secondary N) is 1. The van der Waals surface area contributed by atoms with Crippen molar-refractivity contribution in [1.82, 2.24) is 15.2 Å². The van der Waals surface area contributed by atoms with Crippen molar-refractivity contribution in [3.63, 3.8) is 0 Å². The minimum atomic E-state index is -0.235. The fourth-order valence-electron chi connectivity index (χ4n) is 2.66. The van der Waals surface area contributed by atoms with E-state index in [2.05, 4.69) is 15.2 Å².